The Hall–Kier alpha value is -3.42. The van der Waals surface area contributed by atoms with E-state index in [2.05, 4.69) is 10.6 Å². The van der Waals surface area contributed by atoms with Crippen molar-refractivity contribution in [1.82, 2.24) is 5.32 Å². The Morgan fingerprint density at radius 2 is 1.77 bits per heavy atom. The summed E-state index contributed by atoms with van der Waals surface area (Å²) in [6.45, 7) is 1.54. The van der Waals surface area contributed by atoms with E-state index in [1.807, 2.05) is 31.1 Å². The highest BCUT2D eigenvalue weighted by Crippen LogP contribution is 2.16. The van der Waals surface area contributed by atoms with Crippen molar-refractivity contribution in [2.45, 2.75) is 13.0 Å². The summed E-state index contributed by atoms with van der Waals surface area (Å²) in [5, 5.41) is 16.0. The number of nitro benzene ring substituents is 1. The molecule has 8 nitrogen and oxygen atoms in total. The number of carbonyl (C=O) groups excluding carboxylic acids is 2. The Morgan fingerprint density at radius 1 is 1.12 bits per heavy atom. The molecule has 0 aliphatic rings. The van der Waals surface area contributed by atoms with Gasteiger partial charge in [-0.2, -0.15) is 0 Å². The molecule has 2 rings (SSSR count). The van der Waals surface area contributed by atoms with Gasteiger partial charge in [0.05, 0.1) is 4.92 Å². The Balaban J connectivity index is 1.98. The van der Waals surface area contributed by atoms with E-state index in [1.54, 1.807) is 19.1 Å². The number of nitrogens with one attached hydrogen (secondary N) is 2. The molecule has 0 aliphatic heterocycles. The van der Waals surface area contributed by atoms with Crippen LogP contribution >= 0.6 is 0 Å². The first-order chi connectivity index (χ1) is 12.3. The molecule has 0 fully saturated rings. The number of benzene rings is 2. The van der Waals surface area contributed by atoms with Crippen LogP contribution in [0.15, 0.2) is 48.5 Å². The van der Waals surface area contributed by atoms with Crippen molar-refractivity contribution in [3.63, 3.8) is 0 Å². The highest BCUT2D eigenvalue weighted by Gasteiger charge is 2.18. The number of anilines is 2. The minimum absolute atomic E-state index is 0.120. The summed E-state index contributed by atoms with van der Waals surface area (Å²) in [5.74, 6) is -0.944. The van der Waals surface area contributed by atoms with E-state index < -0.39 is 16.9 Å². The lowest BCUT2D eigenvalue weighted by molar-refractivity contribution is -0.384. The molecule has 1 atom stereocenters. The van der Waals surface area contributed by atoms with Crippen LogP contribution in [0.3, 0.4) is 0 Å². The van der Waals surface area contributed by atoms with Crippen molar-refractivity contribution in [3.8, 4) is 0 Å². The minimum Gasteiger partial charge on any atom is -0.378 e. The molecule has 0 heterocycles. The van der Waals surface area contributed by atoms with E-state index in [0.29, 0.717) is 5.69 Å². The van der Waals surface area contributed by atoms with Crippen LogP contribution in [0.1, 0.15) is 17.3 Å². The van der Waals surface area contributed by atoms with Gasteiger partial charge in [-0.25, -0.2) is 0 Å². The van der Waals surface area contributed by atoms with Crippen LogP contribution in [0.25, 0.3) is 0 Å². The van der Waals surface area contributed by atoms with E-state index in [4.69, 9.17) is 0 Å². The molecule has 0 saturated carbocycles. The highest BCUT2D eigenvalue weighted by molar-refractivity contribution is 6.01. The van der Waals surface area contributed by atoms with Crippen LogP contribution in [0.4, 0.5) is 17.1 Å². The zero-order valence-corrected chi connectivity index (χ0v) is 14.7. The Kier molecular flexibility index (Phi) is 5.90. The molecule has 136 valence electrons. The van der Waals surface area contributed by atoms with Gasteiger partial charge in [0.25, 0.3) is 11.6 Å². The molecule has 2 aromatic carbocycles. The first kappa shape index (κ1) is 18.9. The average molecular weight is 356 g/mol. The predicted octanol–water partition coefficient (Wildman–Crippen LogP) is 2.42. The quantitative estimate of drug-likeness (QED) is 0.611. The second-order valence-corrected chi connectivity index (χ2v) is 5.93. The summed E-state index contributed by atoms with van der Waals surface area (Å²) >= 11 is 0. The zero-order valence-electron chi connectivity index (χ0n) is 14.7. The zero-order chi connectivity index (χ0) is 19.3. The molecule has 1 unspecified atom stereocenters. The van der Waals surface area contributed by atoms with Crippen molar-refractivity contribution in [1.29, 1.82) is 0 Å². The monoisotopic (exact) mass is 356 g/mol. The molecule has 2 aromatic rings. The molecule has 0 aliphatic carbocycles. The molecular weight excluding hydrogens is 336 g/mol. The van der Waals surface area contributed by atoms with Gasteiger partial charge < -0.3 is 15.5 Å². The third-order valence-electron chi connectivity index (χ3n) is 3.71. The van der Waals surface area contributed by atoms with Crippen molar-refractivity contribution >= 4 is 28.9 Å². The predicted molar refractivity (Wildman–Crippen MR) is 99.4 cm³/mol. The first-order valence-electron chi connectivity index (χ1n) is 7.91. The summed E-state index contributed by atoms with van der Waals surface area (Å²) in [7, 11) is 3.83. The van der Waals surface area contributed by atoms with Gasteiger partial charge in [-0.15, -0.1) is 0 Å². The van der Waals surface area contributed by atoms with Crippen molar-refractivity contribution in [2.75, 3.05) is 24.3 Å². The fourth-order valence-corrected chi connectivity index (χ4v) is 2.20. The van der Waals surface area contributed by atoms with Crippen LogP contribution in [-0.4, -0.2) is 36.9 Å². The fraction of sp³-hybridized carbons (Fsp3) is 0.222. The van der Waals surface area contributed by atoms with Crippen molar-refractivity contribution < 1.29 is 14.5 Å². The Morgan fingerprint density at radius 3 is 2.35 bits per heavy atom. The summed E-state index contributed by atoms with van der Waals surface area (Å²) in [6, 6.07) is 11.8. The van der Waals surface area contributed by atoms with Crippen LogP contribution < -0.4 is 15.5 Å². The number of non-ortho nitro benzene ring substituents is 1. The first-order valence-corrected chi connectivity index (χ1v) is 7.91. The van der Waals surface area contributed by atoms with Gasteiger partial charge in [-0.05, 0) is 37.3 Å². The summed E-state index contributed by atoms with van der Waals surface area (Å²) in [6.07, 6.45) is 0. The maximum atomic E-state index is 12.2. The normalized spacial score (nSPS) is 11.3. The standard InChI is InChI=1S/C18H20N4O4/c1-12(17(23)20-14-7-9-15(10-8-14)21(2)3)19-18(24)13-5-4-6-16(11-13)22(25)26/h4-12H,1-3H3,(H,19,24)(H,20,23). The van der Waals surface area contributed by atoms with E-state index in [-0.39, 0.29) is 17.2 Å². The summed E-state index contributed by atoms with van der Waals surface area (Å²) in [4.78, 5) is 36.6. The molecule has 26 heavy (non-hydrogen) atoms. The SMILES string of the molecule is CC(NC(=O)c1cccc([N+](=O)[O-])c1)C(=O)Nc1ccc(N(C)C)cc1. The highest BCUT2D eigenvalue weighted by atomic mass is 16.6. The molecular formula is C18H20N4O4. The largest absolute Gasteiger partial charge is 0.378 e. The fourth-order valence-electron chi connectivity index (χ4n) is 2.20. The topological polar surface area (TPSA) is 105 Å². The summed E-state index contributed by atoms with van der Waals surface area (Å²) < 4.78 is 0. The molecule has 0 aromatic heterocycles. The second kappa shape index (κ2) is 8.11. The third kappa shape index (κ3) is 4.79. The van der Waals surface area contributed by atoms with Crippen LogP contribution in [0, 0.1) is 10.1 Å². The van der Waals surface area contributed by atoms with E-state index >= 15 is 0 Å². The van der Waals surface area contributed by atoms with Crippen molar-refractivity contribution in [2.24, 2.45) is 0 Å². The molecule has 0 spiro atoms. The smallest absolute Gasteiger partial charge is 0.270 e. The summed E-state index contributed by atoms with van der Waals surface area (Å²) in [5.41, 5.74) is 1.54. The number of hydrogen-bond donors (Lipinski definition) is 2. The molecule has 8 heteroatoms. The molecule has 0 radical (unpaired) electrons. The third-order valence-corrected chi connectivity index (χ3v) is 3.71. The van der Waals surface area contributed by atoms with E-state index in [1.165, 1.54) is 24.3 Å². The number of carbonyl (C=O) groups is 2. The number of nitrogens with zero attached hydrogens (tertiary/aromatic N) is 2. The Labute approximate surface area is 151 Å². The molecule has 0 saturated heterocycles. The second-order valence-electron chi connectivity index (χ2n) is 5.93. The number of amides is 2. The van der Waals surface area contributed by atoms with Crippen LogP contribution in [0.5, 0.6) is 0 Å². The van der Waals surface area contributed by atoms with Gasteiger partial charge in [0, 0.05) is 43.2 Å². The van der Waals surface area contributed by atoms with Gasteiger partial charge in [0.2, 0.25) is 5.91 Å². The minimum atomic E-state index is -0.810. The number of rotatable bonds is 6. The Bertz CT molecular complexity index is 818. The maximum absolute atomic E-state index is 12.2. The lowest BCUT2D eigenvalue weighted by atomic mass is 10.1. The number of nitro groups is 1. The van der Waals surface area contributed by atoms with Gasteiger partial charge in [-0.1, -0.05) is 6.07 Å². The van der Waals surface area contributed by atoms with Gasteiger partial charge >= 0.3 is 0 Å². The average Bonchev–Trinajstić information content (AvgIpc) is 2.62. The lowest BCUT2D eigenvalue weighted by Crippen LogP contribution is -2.41. The van der Waals surface area contributed by atoms with Crippen LogP contribution in [-0.2, 0) is 4.79 Å². The van der Waals surface area contributed by atoms with Gasteiger partial charge in [-0.3, -0.25) is 19.7 Å². The van der Waals surface area contributed by atoms with E-state index in [0.717, 1.165) is 5.69 Å². The molecule has 2 amide bonds. The number of hydrogen-bond acceptors (Lipinski definition) is 5. The van der Waals surface area contributed by atoms with Gasteiger partial charge in [0.15, 0.2) is 0 Å². The maximum Gasteiger partial charge on any atom is 0.270 e. The lowest BCUT2D eigenvalue weighted by Gasteiger charge is -2.16. The van der Waals surface area contributed by atoms with E-state index in [9.17, 15) is 19.7 Å². The van der Waals surface area contributed by atoms with Crippen molar-refractivity contribution in [3.05, 3.63) is 64.2 Å². The van der Waals surface area contributed by atoms with Crippen LogP contribution in [0.2, 0.25) is 0 Å². The molecule has 2 N–H and O–H groups in total. The van der Waals surface area contributed by atoms with Gasteiger partial charge in [0.1, 0.15) is 6.04 Å². The molecule has 0 bridgehead atoms.